The van der Waals surface area contributed by atoms with Crippen LogP contribution in [-0.4, -0.2) is 28.8 Å². The highest BCUT2D eigenvalue weighted by molar-refractivity contribution is 6.07. The highest BCUT2D eigenvalue weighted by atomic mass is 16.2. The van der Waals surface area contributed by atoms with E-state index in [1.807, 2.05) is 13.0 Å². The van der Waals surface area contributed by atoms with Crippen LogP contribution in [0.25, 0.3) is 0 Å². The van der Waals surface area contributed by atoms with Crippen molar-refractivity contribution in [2.75, 3.05) is 0 Å². The fourth-order valence-corrected chi connectivity index (χ4v) is 2.51. The summed E-state index contributed by atoms with van der Waals surface area (Å²) in [6.45, 7) is 3.68. The summed E-state index contributed by atoms with van der Waals surface area (Å²) in [6, 6.07) is 6.67. The Kier molecular flexibility index (Phi) is 4.26. The number of rotatable bonds is 5. The zero-order chi connectivity index (χ0) is 15.6. The summed E-state index contributed by atoms with van der Waals surface area (Å²) in [7, 11) is 0. The van der Waals surface area contributed by atoms with Gasteiger partial charge in [0.15, 0.2) is 0 Å². The van der Waals surface area contributed by atoms with Gasteiger partial charge < -0.3 is 11.1 Å². The van der Waals surface area contributed by atoms with Crippen LogP contribution in [0.4, 0.5) is 4.79 Å². The average molecular weight is 289 g/mol. The molecule has 1 heterocycles. The van der Waals surface area contributed by atoms with Crippen molar-refractivity contribution in [3.05, 3.63) is 35.9 Å². The number of carbonyl (C=O) groups excluding carboxylic acids is 3. The van der Waals surface area contributed by atoms with Gasteiger partial charge in [-0.15, -0.1) is 0 Å². The van der Waals surface area contributed by atoms with Crippen molar-refractivity contribution in [3.63, 3.8) is 0 Å². The summed E-state index contributed by atoms with van der Waals surface area (Å²) in [5, 5.41) is 2.61. The Morgan fingerprint density at radius 2 is 1.95 bits per heavy atom. The average Bonchev–Trinajstić information content (AvgIpc) is 2.76. The molecule has 0 aromatic heterocycles. The second-order valence-corrected chi connectivity index (χ2v) is 5.23. The normalized spacial score (nSPS) is 21.0. The van der Waals surface area contributed by atoms with Gasteiger partial charge in [-0.25, -0.2) is 9.69 Å². The van der Waals surface area contributed by atoms with Crippen molar-refractivity contribution >= 4 is 17.8 Å². The van der Waals surface area contributed by atoms with Gasteiger partial charge in [-0.05, 0) is 11.5 Å². The van der Waals surface area contributed by atoms with Crippen molar-refractivity contribution in [3.8, 4) is 0 Å². The molecule has 1 saturated heterocycles. The van der Waals surface area contributed by atoms with Gasteiger partial charge in [0.2, 0.25) is 5.91 Å². The number of primary amides is 1. The second-order valence-electron chi connectivity index (χ2n) is 5.23. The maximum absolute atomic E-state index is 12.5. The highest BCUT2D eigenvalue weighted by Crippen LogP contribution is 2.26. The molecule has 0 spiro atoms. The Balaban J connectivity index is 2.31. The molecule has 0 saturated carbocycles. The molecule has 0 bridgehead atoms. The van der Waals surface area contributed by atoms with Crippen LogP contribution in [0.1, 0.15) is 31.9 Å². The molecule has 4 amide bonds. The fraction of sp³-hybridized carbons (Fsp3) is 0.400. The molecule has 1 aliphatic heterocycles. The Labute approximate surface area is 123 Å². The third-order valence-corrected chi connectivity index (χ3v) is 3.86. The van der Waals surface area contributed by atoms with Gasteiger partial charge in [-0.1, -0.05) is 50.6 Å². The zero-order valence-corrected chi connectivity index (χ0v) is 12.1. The number of nitrogens with one attached hydrogen (secondary N) is 1. The molecule has 1 aromatic rings. The summed E-state index contributed by atoms with van der Waals surface area (Å²) >= 11 is 0. The Hall–Kier alpha value is -2.37. The van der Waals surface area contributed by atoms with E-state index in [1.54, 1.807) is 31.2 Å². The summed E-state index contributed by atoms with van der Waals surface area (Å²) in [5.41, 5.74) is 6.07. The number of imide groups is 1. The Morgan fingerprint density at radius 3 is 2.48 bits per heavy atom. The SMILES string of the molecule is CC[C@H](C)[C@@H](C(N)=O)N1C(=O)N[C@H](c2ccccc2)C1=O. The van der Waals surface area contributed by atoms with Crippen molar-refractivity contribution in [1.29, 1.82) is 0 Å². The molecular formula is C15H19N3O3. The summed E-state index contributed by atoms with van der Waals surface area (Å²) in [5.74, 6) is -1.29. The first-order chi connectivity index (χ1) is 9.97. The van der Waals surface area contributed by atoms with Crippen molar-refractivity contribution in [1.82, 2.24) is 10.2 Å². The summed E-state index contributed by atoms with van der Waals surface area (Å²) in [4.78, 5) is 37.3. The van der Waals surface area contributed by atoms with Gasteiger partial charge in [0.1, 0.15) is 12.1 Å². The molecule has 2 rings (SSSR count). The lowest BCUT2D eigenvalue weighted by Gasteiger charge is -2.27. The number of nitrogens with zero attached hydrogens (tertiary/aromatic N) is 1. The number of nitrogens with two attached hydrogens (primary N) is 1. The lowest BCUT2D eigenvalue weighted by atomic mass is 9.96. The first-order valence-corrected chi connectivity index (χ1v) is 6.95. The van der Waals surface area contributed by atoms with E-state index in [-0.39, 0.29) is 5.92 Å². The van der Waals surface area contributed by atoms with Crippen LogP contribution in [0, 0.1) is 5.92 Å². The highest BCUT2D eigenvalue weighted by Gasteiger charge is 2.46. The van der Waals surface area contributed by atoms with Crippen LogP contribution in [-0.2, 0) is 9.59 Å². The zero-order valence-electron chi connectivity index (χ0n) is 12.1. The van der Waals surface area contributed by atoms with Crippen molar-refractivity contribution in [2.45, 2.75) is 32.4 Å². The van der Waals surface area contributed by atoms with Crippen LogP contribution < -0.4 is 11.1 Å². The van der Waals surface area contributed by atoms with Crippen molar-refractivity contribution < 1.29 is 14.4 Å². The van der Waals surface area contributed by atoms with Gasteiger partial charge in [0.25, 0.3) is 5.91 Å². The molecule has 3 atom stereocenters. The smallest absolute Gasteiger partial charge is 0.325 e. The molecule has 0 unspecified atom stereocenters. The molecule has 1 aliphatic rings. The number of carbonyl (C=O) groups is 3. The van der Waals surface area contributed by atoms with E-state index in [1.165, 1.54) is 0 Å². The standard InChI is InChI=1S/C15H19N3O3/c1-3-9(2)12(13(16)19)18-14(20)11(17-15(18)21)10-7-5-4-6-8-10/h4-9,11-12H,3H2,1-2H3,(H2,16,19)(H,17,21)/t9-,11+,12-/m0/s1. The lowest BCUT2D eigenvalue weighted by Crippen LogP contribution is -2.51. The van der Waals surface area contributed by atoms with E-state index in [9.17, 15) is 14.4 Å². The number of benzene rings is 1. The first kappa shape index (κ1) is 15.0. The van der Waals surface area contributed by atoms with Gasteiger partial charge in [0, 0.05) is 0 Å². The summed E-state index contributed by atoms with van der Waals surface area (Å²) < 4.78 is 0. The first-order valence-electron chi connectivity index (χ1n) is 6.95. The molecule has 6 heteroatoms. The van der Waals surface area contributed by atoms with Gasteiger partial charge in [0.05, 0.1) is 0 Å². The minimum Gasteiger partial charge on any atom is -0.368 e. The molecule has 0 radical (unpaired) electrons. The number of urea groups is 1. The van der Waals surface area contributed by atoms with E-state index in [4.69, 9.17) is 5.73 Å². The van der Waals surface area contributed by atoms with Crippen LogP contribution in [0.15, 0.2) is 30.3 Å². The molecule has 1 fully saturated rings. The monoisotopic (exact) mass is 289 g/mol. The Bertz CT molecular complexity index is 559. The third kappa shape index (κ3) is 2.74. The molecular weight excluding hydrogens is 270 g/mol. The van der Waals surface area contributed by atoms with Gasteiger partial charge in [-0.2, -0.15) is 0 Å². The van der Waals surface area contributed by atoms with E-state index < -0.39 is 29.9 Å². The fourth-order valence-electron chi connectivity index (χ4n) is 2.51. The molecule has 0 aliphatic carbocycles. The van der Waals surface area contributed by atoms with E-state index in [0.29, 0.717) is 12.0 Å². The van der Waals surface area contributed by atoms with E-state index >= 15 is 0 Å². The molecule has 1 aromatic carbocycles. The molecule has 3 N–H and O–H groups in total. The molecule has 112 valence electrons. The van der Waals surface area contributed by atoms with Gasteiger partial charge >= 0.3 is 6.03 Å². The predicted molar refractivity (Wildman–Crippen MR) is 77.0 cm³/mol. The minimum absolute atomic E-state index is 0.188. The molecule has 6 nitrogen and oxygen atoms in total. The number of hydrogen-bond donors (Lipinski definition) is 2. The number of hydrogen-bond acceptors (Lipinski definition) is 3. The third-order valence-electron chi connectivity index (χ3n) is 3.86. The minimum atomic E-state index is -0.920. The number of amides is 4. The largest absolute Gasteiger partial charge is 0.368 e. The van der Waals surface area contributed by atoms with E-state index in [2.05, 4.69) is 5.32 Å². The van der Waals surface area contributed by atoms with Crippen molar-refractivity contribution in [2.24, 2.45) is 11.7 Å². The van der Waals surface area contributed by atoms with Crippen LogP contribution in [0.5, 0.6) is 0 Å². The summed E-state index contributed by atoms with van der Waals surface area (Å²) in [6.07, 6.45) is 0.640. The topological polar surface area (TPSA) is 92.5 Å². The second kappa shape index (κ2) is 5.95. The quantitative estimate of drug-likeness (QED) is 0.797. The maximum atomic E-state index is 12.5. The van der Waals surface area contributed by atoms with Crippen LogP contribution >= 0.6 is 0 Å². The predicted octanol–water partition coefficient (Wildman–Crippen LogP) is 1.18. The maximum Gasteiger partial charge on any atom is 0.325 e. The van der Waals surface area contributed by atoms with Crippen LogP contribution in [0.2, 0.25) is 0 Å². The van der Waals surface area contributed by atoms with Gasteiger partial charge in [-0.3, -0.25) is 9.59 Å². The molecule has 21 heavy (non-hydrogen) atoms. The van der Waals surface area contributed by atoms with E-state index in [0.717, 1.165) is 4.90 Å². The van der Waals surface area contributed by atoms with Crippen LogP contribution in [0.3, 0.4) is 0 Å². The Morgan fingerprint density at radius 1 is 1.33 bits per heavy atom. The lowest BCUT2D eigenvalue weighted by molar-refractivity contribution is -0.136.